The topological polar surface area (TPSA) is 185 Å². The molecule has 12 nitrogen and oxygen atoms in total. The zero-order chi connectivity index (χ0) is 30.8. The van der Waals surface area contributed by atoms with Crippen molar-refractivity contribution in [2.24, 2.45) is 17.8 Å². The normalized spacial score (nSPS) is 15.1. The third-order valence-corrected chi connectivity index (χ3v) is 7.58. The van der Waals surface area contributed by atoms with E-state index in [0.717, 1.165) is 10.5 Å². The predicted octanol–water partition coefficient (Wildman–Crippen LogP) is -1.82. The van der Waals surface area contributed by atoms with Crippen molar-refractivity contribution >= 4 is 40.6 Å². The smallest absolute Gasteiger partial charge is 0.772 e. The van der Waals surface area contributed by atoms with E-state index in [1.165, 1.54) is 12.1 Å². The average Bonchev–Trinajstić information content (AvgIpc) is 3.21. The molecular formula is C29H35N4NaO8S. The Bertz CT molecular complexity index is 1290. The fourth-order valence-electron chi connectivity index (χ4n) is 4.90. The number of imide groups is 1. The van der Waals surface area contributed by atoms with Gasteiger partial charge in [0.2, 0.25) is 17.7 Å². The zero-order valence-electron chi connectivity index (χ0n) is 24.4. The minimum Gasteiger partial charge on any atom is -0.772 e. The summed E-state index contributed by atoms with van der Waals surface area (Å²) >= 11 is -2.26. The van der Waals surface area contributed by atoms with Crippen molar-refractivity contribution in [2.45, 2.75) is 39.2 Å². The number of hydrogen-bond donors (Lipinski definition) is 4. The maximum atomic E-state index is 13.8. The van der Waals surface area contributed by atoms with Gasteiger partial charge in [0, 0.05) is 25.3 Å². The molecule has 226 valence electrons. The second-order valence-electron chi connectivity index (χ2n) is 10.5. The van der Waals surface area contributed by atoms with Crippen molar-refractivity contribution < 1.29 is 67.5 Å². The molecule has 14 heteroatoms. The van der Waals surface area contributed by atoms with Crippen LogP contribution in [-0.2, 0) is 31.9 Å². The van der Waals surface area contributed by atoms with Crippen molar-refractivity contribution in [1.82, 2.24) is 21.0 Å². The molecule has 1 heterocycles. The minimum atomic E-state index is -2.26. The summed E-state index contributed by atoms with van der Waals surface area (Å²) in [5.41, 5.74) is 2.66. The number of benzene rings is 2. The van der Waals surface area contributed by atoms with E-state index >= 15 is 0 Å². The first-order chi connectivity index (χ1) is 20.0. The van der Waals surface area contributed by atoms with Crippen molar-refractivity contribution in [1.29, 1.82) is 0 Å². The SMILES string of the molecule is CC(C)CC(C(=O)N[C@@H](Cc1ccccc1)C(=O)NCCCS(=O)[O-])C(CN1C(=O)c2ccccc2C1=O)C(=O)NO.[Na+]. The van der Waals surface area contributed by atoms with Crippen molar-refractivity contribution in [3.05, 3.63) is 71.3 Å². The summed E-state index contributed by atoms with van der Waals surface area (Å²) in [6, 6.07) is 14.1. The van der Waals surface area contributed by atoms with E-state index in [1.807, 2.05) is 13.8 Å². The molecule has 1 aliphatic rings. The molecule has 2 aromatic rings. The molecule has 1 aliphatic heterocycles. The average molecular weight is 623 g/mol. The molecule has 3 rings (SSSR count). The molecule has 4 N–H and O–H groups in total. The molecule has 0 aliphatic carbocycles. The summed E-state index contributed by atoms with van der Waals surface area (Å²) in [5.74, 6) is -6.12. The van der Waals surface area contributed by atoms with Gasteiger partial charge >= 0.3 is 29.6 Å². The molecule has 43 heavy (non-hydrogen) atoms. The van der Waals surface area contributed by atoms with Gasteiger partial charge in [-0.2, -0.15) is 0 Å². The van der Waals surface area contributed by atoms with Crippen molar-refractivity contribution in [3.8, 4) is 0 Å². The molecule has 0 saturated carbocycles. The van der Waals surface area contributed by atoms with Crippen LogP contribution in [0, 0.1) is 17.8 Å². The Balaban J connectivity index is 0.00000645. The van der Waals surface area contributed by atoms with Crippen LogP contribution in [0.4, 0.5) is 0 Å². The van der Waals surface area contributed by atoms with Gasteiger partial charge in [-0.25, -0.2) is 5.48 Å². The van der Waals surface area contributed by atoms with Crippen LogP contribution >= 0.6 is 0 Å². The molecule has 0 bridgehead atoms. The number of carbonyl (C=O) groups is 5. The van der Waals surface area contributed by atoms with E-state index in [2.05, 4.69) is 10.6 Å². The van der Waals surface area contributed by atoms with E-state index in [4.69, 9.17) is 0 Å². The van der Waals surface area contributed by atoms with Crippen LogP contribution in [0.1, 0.15) is 53.0 Å². The first-order valence-corrected chi connectivity index (χ1v) is 14.8. The van der Waals surface area contributed by atoms with Gasteiger partial charge in [-0.15, -0.1) is 0 Å². The molecule has 5 amide bonds. The van der Waals surface area contributed by atoms with Crippen LogP contribution in [0.15, 0.2) is 54.6 Å². The van der Waals surface area contributed by atoms with Crippen molar-refractivity contribution in [2.75, 3.05) is 18.8 Å². The van der Waals surface area contributed by atoms with Crippen LogP contribution in [0.5, 0.6) is 0 Å². The maximum absolute atomic E-state index is 13.8. The van der Waals surface area contributed by atoms with Gasteiger partial charge in [0.05, 0.1) is 23.0 Å². The first-order valence-electron chi connectivity index (χ1n) is 13.6. The molecule has 0 saturated heterocycles. The first kappa shape index (κ1) is 36.3. The number of rotatable bonds is 15. The molecule has 3 unspecified atom stereocenters. The van der Waals surface area contributed by atoms with E-state index in [9.17, 15) is 37.9 Å². The van der Waals surface area contributed by atoms with Gasteiger partial charge in [0.15, 0.2) is 0 Å². The molecule has 0 aromatic heterocycles. The third kappa shape index (κ3) is 10.1. The second kappa shape index (κ2) is 17.4. The minimum absolute atomic E-state index is 0. The van der Waals surface area contributed by atoms with Gasteiger partial charge in [-0.3, -0.25) is 38.3 Å². The van der Waals surface area contributed by atoms with Crippen LogP contribution in [0.2, 0.25) is 0 Å². The summed E-state index contributed by atoms with van der Waals surface area (Å²) in [7, 11) is 0. The fraction of sp³-hybridized carbons (Fsp3) is 0.414. The summed E-state index contributed by atoms with van der Waals surface area (Å²) in [5, 5.41) is 14.9. The standard InChI is InChI=1S/C29H36N4O8S.Na/c1-18(2)15-22(23(26(35)32-39)17-33-28(37)20-11-6-7-12-21(20)29(33)38)25(34)31-24(16-19-9-4-3-5-10-19)27(36)30-13-8-14-42(40)41;/h3-7,9-12,18,22-24,39H,8,13-17H2,1-2H3,(H,30,36)(H,31,34)(H,32,35)(H,40,41);/q;+1/p-1/t22?,23?,24-;/m0./s1. The van der Waals surface area contributed by atoms with Gasteiger partial charge < -0.3 is 15.2 Å². The number of nitrogens with one attached hydrogen (secondary N) is 3. The van der Waals surface area contributed by atoms with E-state index in [1.54, 1.807) is 47.9 Å². The Morgan fingerprint density at radius 1 is 0.907 bits per heavy atom. The number of amides is 5. The van der Waals surface area contributed by atoms with E-state index in [0.29, 0.717) is 0 Å². The van der Waals surface area contributed by atoms with Crippen LogP contribution < -0.4 is 45.7 Å². The Morgan fingerprint density at radius 2 is 1.49 bits per heavy atom. The predicted molar refractivity (Wildman–Crippen MR) is 152 cm³/mol. The summed E-state index contributed by atoms with van der Waals surface area (Å²) in [6.45, 7) is 3.25. The van der Waals surface area contributed by atoms with Gasteiger partial charge in [-0.05, 0) is 36.5 Å². The molecule has 0 fully saturated rings. The number of hydroxylamine groups is 1. The second-order valence-corrected chi connectivity index (χ2v) is 11.5. The van der Waals surface area contributed by atoms with Gasteiger partial charge in [-0.1, -0.05) is 67.4 Å². The summed E-state index contributed by atoms with van der Waals surface area (Å²) in [4.78, 5) is 66.8. The van der Waals surface area contributed by atoms with Crippen LogP contribution in [-0.4, -0.2) is 73.3 Å². The molecule has 0 radical (unpaired) electrons. The van der Waals surface area contributed by atoms with Gasteiger partial charge in [0.25, 0.3) is 11.8 Å². The van der Waals surface area contributed by atoms with Crippen molar-refractivity contribution in [3.63, 3.8) is 0 Å². The maximum Gasteiger partial charge on any atom is 1.00 e. The number of fused-ring (bicyclic) bond motifs is 1. The zero-order valence-corrected chi connectivity index (χ0v) is 27.2. The largest absolute Gasteiger partial charge is 1.00 e. The molecular weight excluding hydrogens is 587 g/mol. The van der Waals surface area contributed by atoms with Gasteiger partial charge in [0.1, 0.15) is 6.04 Å². The third-order valence-electron chi connectivity index (χ3n) is 6.95. The Labute approximate surface area is 274 Å². The molecule has 2 aromatic carbocycles. The monoisotopic (exact) mass is 622 g/mol. The molecule has 4 atom stereocenters. The Morgan fingerprint density at radius 3 is 2.02 bits per heavy atom. The number of carbonyl (C=O) groups excluding carboxylic acids is 5. The van der Waals surface area contributed by atoms with Crippen LogP contribution in [0.25, 0.3) is 0 Å². The van der Waals surface area contributed by atoms with Crippen LogP contribution in [0.3, 0.4) is 0 Å². The fourth-order valence-corrected chi connectivity index (χ4v) is 5.28. The van der Waals surface area contributed by atoms with E-state index in [-0.39, 0.29) is 78.2 Å². The Hall–Kier alpha value is -2.94. The Kier molecular flexibility index (Phi) is 14.7. The number of nitrogens with zero attached hydrogens (tertiary/aromatic N) is 1. The summed E-state index contributed by atoms with van der Waals surface area (Å²) < 4.78 is 21.7. The van der Waals surface area contributed by atoms with E-state index < -0.39 is 65.0 Å². The number of hydrogen-bond acceptors (Lipinski definition) is 8. The quantitative estimate of drug-likeness (QED) is 0.0447. The molecule has 0 spiro atoms. The summed E-state index contributed by atoms with van der Waals surface area (Å²) in [6.07, 6.45) is 0.431.